The van der Waals surface area contributed by atoms with Crippen LogP contribution in [0.4, 0.5) is 0 Å². The number of fused-ring (bicyclic) bond motifs is 1. The van der Waals surface area contributed by atoms with Crippen molar-refractivity contribution in [3.63, 3.8) is 0 Å². The van der Waals surface area contributed by atoms with E-state index in [0.29, 0.717) is 12.3 Å². The van der Waals surface area contributed by atoms with Crippen molar-refractivity contribution in [2.24, 2.45) is 11.8 Å². The Morgan fingerprint density at radius 1 is 1.06 bits per heavy atom. The van der Waals surface area contributed by atoms with Crippen LogP contribution in [0.1, 0.15) is 37.4 Å². The van der Waals surface area contributed by atoms with E-state index in [9.17, 15) is 10.2 Å². The van der Waals surface area contributed by atoms with Crippen LogP contribution in [-0.2, 0) is 0 Å². The Hall–Kier alpha value is -2.32. The number of nitrogens with zero attached hydrogens (tertiary/aromatic N) is 2. The van der Waals surface area contributed by atoms with Gasteiger partial charge < -0.3 is 24.6 Å². The fraction of sp³-hybridized carbons (Fsp3) is 0.483. The standard InChI is InChI=1S/C29H38N2O4S/c1-34-23-5-8-25(9-6-23)36-17-3-15-31-16-13-21(22(19-31)20-32)4-11-29(33)26-12-14-30-28-10-7-24(35-2)18-27(26)28/h5-10,12,14,18,21-22,29,32-33H,3-4,11,13,15-17,19-20H2,1-2H3/t21-,22-,29+/m1/s1. The van der Waals surface area contributed by atoms with E-state index in [0.717, 1.165) is 72.6 Å². The van der Waals surface area contributed by atoms with Crippen molar-refractivity contribution in [1.29, 1.82) is 0 Å². The van der Waals surface area contributed by atoms with Crippen molar-refractivity contribution in [1.82, 2.24) is 9.88 Å². The molecule has 4 rings (SSSR count). The molecular weight excluding hydrogens is 472 g/mol. The predicted molar refractivity (Wildman–Crippen MR) is 146 cm³/mol. The van der Waals surface area contributed by atoms with Gasteiger partial charge in [-0.1, -0.05) is 0 Å². The van der Waals surface area contributed by atoms with Crippen molar-refractivity contribution in [2.45, 2.75) is 36.7 Å². The monoisotopic (exact) mass is 510 g/mol. The Morgan fingerprint density at radius 2 is 1.83 bits per heavy atom. The predicted octanol–water partition coefficient (Wildman–Crippen LogP) is 5.18. The maximum absolute atomic E-state index is 11.0. The van der Waals surface area contributed by atoms with Crippen LogP contribution >= 0.6 is 11.8 Å². The number of hydrogen-bond acceptors (Lipinski definition) is 7. The second-order valence-electron chi connectivity index (χ2n) is 9.55. The number of aliphatic hydroxyl groups is 2. The summed E-state index contributed by atoms with van der Waals surface area (Å²) in [5, 5.41) is 22.1. The molecule has 0 spiro atoms. The van der Waals surface area contributed by atoms with E-state index in [1.807, 2.05) is 48.2 Å². The first-order valence-electron chi connectivity index (χ1n) is 12.8. The molecule has 1 saturated heterocycles. The van der Waals surface area contributed by atoms with E-state index < -0.39 is 6.10 Å². The molecule has 1 aromatic heterocycles. The third-order valence-corrected chi connectivity index (χ3v) is 8.41. The molecule has 3 atom stereocenters. The number of ether oxygens (including phenoxy) is 2. The Labute approximate surface area is 218 Å². The normalized spacial score (nSPS) is 19.3. The van der Waals surface area contributed by atoms with E-state index in [-0.39, 0.29) is 12.5 Å². The molecular formula is C29H38N2O4S. The fourth-order valence-corrected chi connectivity index (χ4v) is 6.03. The molecule has 2 aromatic carbocycles. The van der Waals surface area contributed by atoms with Crippen LogP contribution in [-0.4, -0.2) is 66.3 Å². The molecule has 6 nitrogen and oxygen atoms in total. The molecule has 0 amide bonds. The topological polar surface area (TPSA) is 75.1 Å². The van der Waals surface area contributed by atoms with E-state index >= 15 is 0 Å². The average molecular weight is 511 g/mol. The summed E-state index contributed by atoms with van der Waals surface area (Å²) in [7, 11) is 3.34. The van der Waals surface area contributed by atoms with Crippen molar-refractivity contribution >= 4 is 22.7 Å². The summed E-state index contributed by atoms with van der Waals surface area (Å²) in [5.41, 5.74) is 1.75. The lowest BCUT2D eigenvalue weighted by Crippen LogP contribution is -2.42. The van der Waals surface area contributed by atoms with Crippen LogP contribution in [0.25, 0.3) is 10.9 Å². The highest BCUT2D eigenvalue weighted by Gasteiger charge is 2.29. The SMILES string of the molecule is COc1ccc(SCCCN2CC[C@@H](CC[C@H](O)c3ccnc4ccc(OC)cc34)[C@@H](CO)C2)cc1. The number of likely N-dealkylation sites (tertiary alicyclic amines) is 1. The van der Waals surface area contributed by atoms with Crippen LogP contribution in [0.3, 0.4) is 0 Å². The van der Waals surface area contributed by atoms with Gasteiger partial charge in [0.1, 0.15) is 11.5 Å². The summed E-state index contributed by atoms with van der Waals surface area (Å²) >= 11 is 1.88. The van der Waals surface area contributed by atoms with Gasteiger partial charge >= 0.3 is 0 Å². The molecule has 1 aliphatic heterocycles. The lowest BCUT2D eigenvalue weighted by Gasteiger charge is -2.38. The van der Waals surface area contributed by atoms with Gasteiger partial charge in [-0.15, -0.1) is 11.8 Å². The van der Waals surface area contributed by atoms with Crippen LogP contribution < -0.4 is 9.47 Å². The highest BCUT2D eigenvalue weighted by molar-refractivity contribution is 7.99. The van der Waals surface area contributed by atoms with Crippen molar-refractivity contribution in [2.75, 3.05) is 46.2 Å². The molecule has 1 fully saturated rings. The van der Waals surface area contributed by atoms with E-state index in [2.05, 4.69) is 22.0 Å². The minimum absolute atomic E-state index is 0.202. The maximum Gasteiger partial charge on any atom is 0.119 e. The first kappa shape index (κ1) is 26.7. The van der Waals surface area contributed by atoms with Gasteiger partial charge in [-0.05, 0) is 110 Å². The molecule has 7 heteroatoms. The smallest absolute Gasteiger partial charge is 0.119 e. The van der Waals surface area contributed by atoms with Gasteiger partial charge in [0, 0.05) is 29.6 Å². The fourth-order valence-electron chi connectivity index (χ4n) is 5.19. The zero-order valence-electron chi connectivity index (χ0n) is 21.3. The first-order chi connectivity index (χ1) is 17.6. The summed E-state index contributed by atoms with van der Waals surface area (Å²) in [4.78, 5) is 8.18. The molecule has 1 aliphatic rings. The minimum atomic E-state index is -0.560. The van der Waals surface area contributed by atoms with Crippen LogP contribution in [0, 0.1) is 11.8 Å². The highest BCUT2D eigenvalue weighted by atomic mass is 32.2. The molecule has 194 valence electrons. The Balaban J connectivity index is 1.24. The Kier molecular flexibility index (Phi) is 9.87. The zero-order valence-corrected chi connectivity index (χ0v) is 22.1. The Morgan fingerprint density at radius 3 is 2.58 bits per heavy atom. The number of thioether (sulfide) groups is 1. The van der Waals surface area contributed by atoms with Crippen LogP contribution in [0.15, 0.2) is 59.6 Å². The quantitative estimate of drug-likeness (QED) is 0.257. The number of rotatable bonds is 12. The summed E-state index contributed by atoms with van der Waals surface area (Å²) in [6, 6.07) is 15.9. The van der Waals surface area contributed by atoms with Gasteiger partial charge in [0.05, 0.1) is 25.8 Å². The maximum atomic E-state index is 11.0. The van der Waals surface area contributed by atoms with Gasteiger partial charge in [-0.25, -0.2) is 0 Å². The molecule has 2 N–H and O–H groups in total. The van der Waals surface area contributed by atoms with Crippen molar-refractivity contribution in [3.05, 3.63) is 60.3 Å². The number of hydrogen-bond donors (Lipinski definition) is 2. The zero-order chi connectivity index (χ0) is 25.3. The molecule has 0 bridgehead atoms. The lowest BCUT2D eigenvalue weighted by atomic mass is 9.81. The van der Waals surface area contributed by atoms with Gasteiger partial charge in [0.25, 0.3) is 0 Å². The number of methoxy groups -OCH3 is 2. The number of aromatic nitrogens is 1. The molecule has 36 heavy (non-hydrogen) atoms. The number of piperidine rings is 1. The van der Waals surface area contributed by atoms with E-state index in [1.54, 1.807) is 20.4 Å². The van der Waals surface area contributed by atoms with Crippen LogP contribution in [0.2, 0.25) is 0 Å². The summed E-state index contributed by atoms with van der Waals surface area (Å²) < 4.78 is 10.6. The first-order valence-corrected chi connectivity index (χ1v) is 13.8. The summed E-state index contributed by atoms with van der Waals surface area (Å²) in [6.07, 6.45) is 4.97. The van der Waals surface area contributed by atoms with E-state index in [1.165, 1.54) is 4.90 Å². The summed E-state index contributed by atoms with van der Waals surface area (Å²) in [5.74, 6) is 3.41. The molecule has 0 unspecified atom stereocenters. The van der Waals surface area contributed by atoms with Gasteiger partial charge in [-0.3, -0.25) is 4.98 Å². The average Bonchev–Trinajstić information content (AvgIpc) is 2.93. The molecule has 0 saturated carbocycles. The molecule has 3 aromatic rings. The number of benzene rings is 2. The highest BCUT2D eigenvalue weighted by Crippen LogP contribution is 2.33. The van der Waals surface area contributed by atoms with Crippen molar-refractivity contribution < 1.29 is 19.7 Å². The molecule has 0 aliphatic carbocycles. The second kappa shape index (κ2) is 13.3. The van der Waals surface area contributed by atoms with Gasteiger partial charge in [-0.2, -0.15) is 0 Å². The van der Waals surface area contributed by atoms with Crippen LogP contribution in [0.5, 0.6) is 11.5 Å². The number of pyridine rings is 1. The largest absolute Gasteiger partial charge is 0.497 e. The van der Waals surface area contributed by atoms with Gasteiger partial charge in [0.15, 0.2) is 0 Å². The third kappa shape index (κ3) is 6.91. The molecule has 0 radical (unpaired) electrons. The Bertz CT molecular complexity index is 1090. The number of aliphatic hydroxyl groups excluding tert-OH is 2. The van der Waals surface area contributed by atoms with Gasteiger partial charge in [0.2, 0.25) is 0 Å². The third-order valence-electron chi connectivity index (χ3n) is 7.31. The summed E-state index contributed by atoms with van der Waals surface area (Å²) in [6.45, 7) is 3.24. The minimum Gasteiger partial charge on any atom is -0.497 e. The molecule has 2 heterocycles. The van der Waals surface area contributed by atoms with E-state index in [4.69, 9.17) is 9.47 Å². The van der Waals surface area contributed by atoms with Crippen molar-refractivity contribution in [3.8, 4) is 11.5 Å². The lowest BCUT2D eigenvalue weighted by molar-refractivity contribution is 0.0581. The second-order valence-corrected chi connectivity index (χ2v) is 10.7.